The number of carbonyl (C=O) groups excluding carboxylic acids is 1. The Labute approximate surface area is 152 Å². The summed E-state index contributed by atoms with van der Waals surface area (Å²) in [4.78, 5) is 31.9. The van der Waals surface area contributed by atoms with Crippen LogP contribution < -0.4 is 15.8 Å². The number of hydrogen-bond acceptors (Lipinski definition) is 5. The van der Waals surface area contributed by atoms with Crippen LogP contribution in [0.15, 0.2) is 35.3 Å². The van der Waals surface area contributed by atoms with Crippen molar-refractivity contribution in [3.8, 4) is 0 Å². The fourth-order valence-corrected chi connectivity index (χ4v) is 2.60. The molecular weight excluding hydrogens is 365 g/mol. The molecule has 0 saturated carbocycles. The highest BCUT2D eigenvalue weighted by molar-refractivity contribution is 5.93. The highest BCUT2D eigenvalue weighted by Crippen LogP contribution is 2.26. The molecule has 0 unspecified atom stereocenters. The maximum atomic E-state index is 12.5. The first-order chi connectivity index (χ1) is 12.8. The van der Waals surface area contributed by atoms with E-state index in [0.29, 0.717) is 24.8 Å². The number of rotatable bonds is 4. The molecule has 2 aromatic heterocycles. The molecule has 1 saturated heterocycles. The van der Waals surface area contributed by atoms with Gasteiger partial charge in [-0.15, -0.1) is 0 Å². The summed E-state index contributed by atoms with van der Waals surface area (Å²) in [7, 11) is 0. The minimum Gasteiger partial charge on any atom is -0.378 e. The smallest absolute Gasteiger partial charge is 0.378 e. The zero-order valence-corrected chi connectivity index (χ0v) is 14.2. The lowest BCUT2D eigenvalue weighted by Crippen LogP contribution is -2.36. The monoisotopic (exact) mass is 382 g/mol. The second-order valence-corrected chi connectivity index (χ2v) is 5.92. The predicted molar refractivity (Wildman–Crippen MR) is 90.5 cm³/mol. The van der Waals surface area contributed by atoms with E-state index in [9.17, 15) is 22.8 Å². The van der Waals surface area contributed by atoms with E-state index in [1.54, 1.807) is 17.2 Å². The summed E-state index contributed by atoms with van der Waals surface area (Å²) < 4.78 is 42.9. The van der Waals surface area contributed by atoms with Crippen molar-refractivity contribution in [1.29, 1.82) is 0 Å². The number of aromatic amines is 1. The van der Waals surface area contributed by atoms with Gasteiger partial charge in [-0.05, 0) is 23.8 Å². The molecule has 27 heavy (non-hydrogen) atoms. The molecule has 2 aromatic rings. The van der Waals surface area contributed by atoms with Crippen LogP contribution in [-0.2, 0) is 17.5 Å². The largest absolute Gasteiger partial charge is 0.431 e. The summed E-state index contributed by atoms with van der Waals surface area (Å²) in [6.07, 6.45) is -3.08. The van der Waals surface area contributed by atoms with Crippen molar-refractivity contribution in [3.05, 3.63) is 57.6 Å². The summed E-state index contributed by atoms with van der Waals surface area (Å²) >= 11 is 0. The molecule has 0 atom stereocenters. The van der Waals surface area contributed by atoms with Gasteiger partial charge in [0.15, 0.2) is 0 Å². The molecule has 0 radical (unpaired) electrons. The minimum absolute atomic E-state index is 0.0929. The molecule has 1 aliphatic rings. The van der Waals surface area contributed by atoms with Crippen molar-refractivity contribution in [2.45, 2.75) is 12.7 Å². The van der Waals surface area contributed by atoms with Crippen LogP contribution in [0.4, 0.5) is 19.0 Å². The van der Waals surface area contributed by atoms with Gasteiger partial charge >= 0.3 is 6.18 Å². The van der Waals surface area contributed by atoms with Crippen molar-refractivity contribution < 1.29 is 22.7 Å². The van der Waals surface area contributed by atoms with Gasteiger partial charge in [0.25, 0.3) is 11.5 Å². The molecule has 1 aliphatic heterocycles. The van der Waals surface area contributed by atoms with Crippen molar-refractivity contribution in [3.63, 3.8) is 0 Å². The van der Waals surface area contributed by atoms with E-state index in [-0.39, 0.29) is 12.1 Å². The zero-order valence-electron chi connectivity index (χ0n) is 14.2. The van der Waals surface area contributed by atoms with Gasteiger partial charge in [-0.3, -0.25) is 9.59 Å². The lowest BCUT2D eigenvalue weighted by Gasteiger charge is -2.27. The van der Waals surface area contributed by atoms with Gasteiger partial charge in [0.05, 0.1) is 13.2 Å². The summed E-state index contributed by atoms with van der Waals surface area (Å²) in [5, 5.41) is 2.50. The highest BCUT2D eigenvalue weighted by Gasteiger charge is 2.32. The van der Waals surface area contributed by atoms with Crippen molar-refractivity contribution >= 4 is 11.7 Å². The number of amides is 1. The van der Waals surface area contributed by atoms with E-state index in [4.69, 9.17) is 4.74 Å². The first-order valence-corrected chi connectivity index (χ1v) is 8.21. The number of ether oxygens (including phenoxy) is 1. The SMILES string of the molecule is O=C(NCc1ccc(N2CCOCC2)nc1)c1ccc(C(F)(F)F)[nH]c1=O. The fourth-order valence-electron chi connectivity index (χ4n) is 2.60. The molecule has 1 amide bonds. The zero-order chi connectivity index (χ0) is 19.4. The number of alkyl halides is 3. The Hall–Kier alpha value is -2.88. The standard InChI is InChI=1S/C17H17F3N4O3/c18-17(19,20)13-3-2-12(16(26)23-13)15(25)22-10-11-1-4-14(21-9-11)24-5-7-27-8-6-24/h1-4,9H,5-8,10H2,(H,22,25)(H,23,26). The van der Waals surface area contributed by atoms with Gasteiger partial charge < -0.3 is 19.9 Å². The number of hydrogen-bond donors (Lipinski definition) is 2. The second kappa shape index (κ2) is 7.78. The number of carbonyl (C=O) groups is 1. The third-order valence-corrected chi connectivity index (χ3v) is 4.06. The van der Waals surface area contributed by atoms with Gasteiger partial charge in [0.1, 0.15) is 17.1 Å². The molecule has 0 spiro atoms. The predicted octanol–water partition coefficient (Wildman–Crippen LogP) is 1.56. The maximum absolute atomic E-state index is 12.5. The summed E-state index contributed by atoms with van der Waals surface area (Å²) in [5.74, 6) is 0.0368. The number of nitrogens with one attached hydrogen (secondary N) is 2. The van der Waals surface area contributed by atoms with Gasteiger partial charge in [0, 0.05) is 25.8 Å². The maximum Gasteiger partial charge on any atom is 0.431 e. The lowest BCUT2D eigenvalue weighted by molar-refractivity contribution is -0.141. The van der Waals surface area contributed by atoms with E-state index in [2.05, 4.69) is 15.2 Å². The quantitative estimate of drug-likeness (QED) is 0.838. The summed E-state index contributed by atoms with van der Waals surface area (Å²) in [6.45, 7) is 2.87. The van der Waals surface area contributed by atoms with E-state index in [0.717, 1.165) is 25.0 Å². The first-order valence-electron chi connectivity index (χ1n) is 8.21. The average Bonchev–Trinajstić information content (AvgIpc) is 2.66. The van der Waals surface area contributed by atoms with Crippen molar-refractivity contribution in [2.75, 3.05) is 31.2 Å². The third-order valence-electron chi connectivity index (χ3n) is 4.06. The van der Waals surface area contributed by atoms with Crippen LogP contribution in [-0.4, -0.2) is 42.2 Å². The van der Waals surface area contributed by atoms with Crippen LogP contribution in [0.2, 0.25) is 0 Å². The van der Waals surface area contributed by atoms with Gasteiger partial charge in [-0.25, -0.2) is 4.98 Å². The Morgan fingerprint density at radius 2 is 1.96 bits per heavy atom. The van der Waals surface area contributed by atoms with E-state index in [1.165, 1.54) is 0 Å². The van der Waals surface area contributed by atoms with Crippen LogP contribution in [0, 0.1) is 0 Å². The van der Waals surface area contributed by atoms with Crippen molar-refractivity contribution in [1.82, 2.24) is 15.3 Å². The molecule has 10 heteroatoms. The molecular formula is C17H17F3N4O3. The van der Waals surface area contributed by atoms with Gasteiger partial charge in [-0.1, -0.05) is 6.07 Å². The molecule has 1 fully saturated rings. The van der Waals surface area contributed by atoms with Crippen molar-refractivity contribution in [2.24, 2.45) is 0 Å². The molecule has 3 heterocycles. The molecule has 0 aliphatic carbocycles. The normalized spacial score (nSPS) is 14.9. The number of H-pyrrole nitrogens is 1. The average molecular weight is 382 g/mol. The van der Waals surface area contributed by atoms with Crippen LogP contribution >= 0.6 is 0 Å². The number of nitrogens with zero attached hydrogens (tertiary/aromatic N) is 2. The van der Waals surface area contributed by atoms with Gasteiger partial charge in [0.2, 0.25) is 0 Å². The Bertz CT molecular complexity index is 859. The Morgan fingerprint density at radius 1 is 1.22 bits per heavy atom. The Balaban J connectivity index is 1.61. The fraction of sp³-hybridized carbons (Fsp3) is 0.353. The summed E-state index contributed by atoms with van der Waals surface area (Å²) in [6, 6.07) is 5.12. The Kier molecular flexibility index (Phi) is 5.45. The molecule has 3 rings (SSSR count). The number of morpholine rings is 1. The van der Waals surface area contributed by atoms with E-state index < -0.39 is 23.3 Å². The molecule has 144 valence electrons. The molecule has 2 N–H and O–H groups in total. The molecule has 0 bridgehead atoms. The van der Waals surface area contributed by atoms with Crippen LogP contribution in [0.25, 0.3) is 0 Å². The van der Waals surface area contributed by atoms with Crippen LogP contribution in [0.5, 0.6) is 0 Å². The van der Waals surface area contributed by atoms with Gasteiger partial charge in [-0.2, -0.15) is 13.2 Å². The second-order valence-electron chi connectivity index (χ2n) is 5.92. The first kappa shape index (κ1) is 18.9. The number of halogens is 3. The van der Waals surface area contributed by atoms with Crippen LogP contribution in [0.1, 0.15) is 21.6 Å². The minimum atomic E-state index is -4.68. The summed E-state index contributed by atoms with van der Waals surface area (Å²) in [5.41, 5.74) is -1.99. The number of aromatic nitrogens is 2. The number of anilines is 1. The Morgan fingerprint density at radius 3 is 2.56 bits per heavy atom. The topological polar surface area (TPSA) is 87.3 Å². The van der Waals surface area contributed by atoms with E-state index in [1.807, 2.05) is 6.07 Å². The molecule has 7 nitrogen and oxygen atoms in total. The van der Waals surface area contributed by atoms with E-state index >= 15 is 0 Å². The highest BCUT2D eigenvalue weighted by atomic mass is 19.4. The lowest BCUT2D eigenvalue weighted by atomic mass is 10.2. The third kappa shape index (κ3) is 4.64. The van der Waals surface area contributed by atoms with Crippen LogP contribution in [0.3, 0.4) is 0 Å². The molecule has 0 aromatic carbocycles. The number of pyridine rings is 2.